The fraction of sp³-hybridized carbons (Fsp3) is 0.500. The Hall–Kier alpha value is -3.04. The summed E-state index contributed by atoms with van der Waals surface area (Å²) in [5.74, 6) is 1.27. The first-order valence-corrected chi connectivity index (χ1v) is 10.7. The molecule has 1 aromatic carbocycles. The number of nitrogens with two attached hydrogens (primary N) is 1. The van der Waals surface area contributed by atoms with Crippen molar-refractivity contribution in [3.63, 3.8) is 0 Å². The molecule has 4 aliphatic rings. The molecular weight excluding hydrogens is 421 g/mol. The SMILES string of the molecule is C[C@@H](NC1=NC2=NCCN2C2=C1CN(C(=O)C1(C)CC1)C2)c1cc(N)cc(C(F)(F)F)c1. The Labute approximate surface area is 183 Å². The van der Waals surface area contributed by atoms with Crippen LogP contribution >= 0.6 is 0 Å². The van der Waals surface area contributed by atoms with Crippen molar-refractivity contribution in [3.8, 4) is 0 Å². The summed E-state index contributed by atoms with van der Waals surface area (Å²) in [7, 11) is 0. The molecule has 1 atom stereocenters. The lowest BCUT2D eigenvalue weighted by Crippen LogP contribution is -2.38. The Morgan fingerprint density at radius 2 is 2.00 bits per heavy atom. The lowest BCUT2D eigenvalue weighted by molar-refractivity contribution is -0.137. The van der Waals surface area contributed by atoms with E-state index in [9.17, 15) is 18.0 Å². The van der Waals surface area contributed by atoms with E-state index in [-0.39, 0.29) is 17.0 Å². The number of hydrogen-bond acceptors (Lipinski definition) is 6. The number of guanidine groups is 1. The average molecular weight is 446 g/mol. The highest BCUT2D eigenvalue weighted by Gasteiger charge is 2.49. The van der Waals surface area contributed by atoms with Gasteiger partial charge in [0.1, 0.15) is 5.84 Å². The molecule has 10 heteroatoms. The smallest absolute Gasteiger partial charge is 0.399 e. The van der Waals surface area contributed by atoms with Crippen LogP contribution in [0.5, 0.6) is 0 Å². The number of carbonyl (C=O) groups excluding carboxylic acids is 1. The number of amidine groups is 1. The number of amides is 1. The maximum absolute atomic E-state index is 13.2. The van der Waals surface area contributed by atoms with Gasteiger partial charge in [0.15, 0.2) is 0 Å². The van der Waals surface area contributed by atoms with Gasteiger partial charge in [-0.25, -0.2) is 4.99 Å². The van der Waals surface area contributed by atoms with E-state index < -0.39 is 17.8 Å². The van der Waals surface area contributed by atoms with E-state index in [1.54, 1.807) is 6.92 Å². The molecule has 32 heavy (non-hydrogen) atoms. The van der Waals surface area contributed by atoms with Crippen molar-refractivity contribution in [1.82, 2.24) is 15.1 Å². The molecule has 1 aromatic rings. The largest absolute Gasteiger partial charge is 0.416 e. The number of alkyl halides is 3. The van der Waals surface area contributed by atoms with Crippen LogP contribution in [0.3, 0.4) is 0 Å². The highest BCUT2D eigenvalue weighted by atomic mass is 19.4. The van der Waals surface area contributed by atoms with Gasteiger partial charge in [-0.05, 0) is 43.5 Å². The summed E-state index contributed by atoms with van der Waals surface area (Å²) in [5.41, 5.74) is 7.04. The molecule has 1 fully saturated rings. The van der Waals surface area contributed by atoms with E-state index in [1.807, 2.05) is 16.7 Å². The van der Waals surface area contributed by atoms with Gasteiger partial charge in [0.2, 0.25) is 11.9 Å². The van der Waals surface area contributed by atoms with Crippen LogP contribution < -0.4 is 11.1 Å². The fourth-order valence-corrected chi connectivity index (χ4v) is 4.45. The standard InChI is InChI=1S/C22H25F3N6O/c1-12(13-7-14(22(23,24)25)9-15(26)8-13)28-18-16-10-30(19(32)21(2)3-4-21)11-17(16)31-6-5-27-20(31)29-18/h7-9,12H,3-6,10-11,26H2,1-2H3,(H,27,28,29)/t12-/m1/s1. The Morgan fingerprint density at radius 1 is 1.25 bits per heavy atom. The third-order valence-corrected chi connectivity index (χ3v) is 6.64. The summed E-state index contributed by atoms with van der Waals surface area (Å²) in [4.78, 5) is 25.9. The van der Waals surface area contributed by atoms with Crippen LogP contribution in [0.15, 0.2) is 39.5 Å². The van der Waals surface area contributed by atoms with Crippen LogP contribution in [0.4, 0.5) is 18.9 Å². The lowest BCUT2D eigenvalue weighted by Gasteiger charge is -2.27. The second-order valence-corrected chi connectivity index (χ2v) is 9.19. The summed E-state index contributed by atoms with van der Waals surface area (Å²) in [6, 6.07) is 3.08. The molecule has 170 valence electrons. The summed E-state index contributed by atoms with van der Waals surface area (Å²) >= 11 is 0. The van der Waals surface area contributed by atoms with Gasteiger partial charge in [0.25, 0.3) is 0 Å². The minimum absolute atomic E-state index is 0.0515. The van der Waals surface area contributed by atoms with Gasteiger partial charge in [0.05, 0.1) is 31.2 Å². The minimum atomic E-state index is -4.48. The zero-order chi connectivity index (χ0) is 22.8. The molecule has 3 N–H and O–H groups in total. The summed E-state index contributed by atoms with van der Waals surface area (Å²) in [6.07, 6.45) is -2.68. The van der Waals surface area contributed by atoms with E-state index in [0.29, 0.717) is 43.5 Å². The van der Waals surface area contributed by atoms with Crippen molar-refractivity contribution in [3.05, 3.63) is 40.6 Å². The number of halogens is 3. The predicted octanol–water partition coefficient (Wildman–Crippen LogP) is 2.92. The van der Waals surface area contributed by atoms with Crippen LogP contribution in [-0.4, -0.2) is 53.7 Å². The highest BCUT2D eigenvalue weighted by Crippen LogP contribution is 2.47. The van der Waals surface area contributed by atoms with E-state index in [2.05, 4.69) is 15.3 Å². The van der Waals surface area contributed by atoms with Crippen LogP contribution in [0, 0.1) is 5.41 Å². The number of aliphatic imine (C=N–C) groups is 2. The lowest BCUT2D eigenvalue weighted by atomic mass is 10.0. The van der Waals surface area contributed by atoms with Gasteiger partial charge in [-0.1, -0.05) is 6.92 Å². The quantitative estimate of drug-likeness (QED) is 0.699. The number of hydrogen-bond donors (Lipinski definition) is 2. The van der Waals surface area contributed by atoms with Crippen LogP contribution in [0.25, 0.3) is 0 Å². The molecule has 1 amide bonds. The molecular formula is C22H25F3N6O. The number of nitrogen functional groups attached to an aromatic ring is 1. The Balaban J connectivity index is 1.42. The van der Waals surface area contributed by atoms with Crippen molar-refractivity contribution in [1.29, 1.82) is 0 Å². The van der Waals surface area contributed by atoms with Crippen LogP contribution in [-0.2, 0) is 11.0 Å². The Kier molecular flexibility index (Phi) is 4.55. The van der Waals surface area contributed by atoms with Gasteiger partial charge in [-0.2, -0.15) is 18.2 Å². The maximum Gasteiger partial charge on any atom is 0.416 e. The first-order chi connectivity index (χ1) is 15.0. The molecule has 5 rings (SSSR count). The molecule has 0 radical (unpaired) electrons. The number of carbonyl (C=O) groups is 1. The van der Waals surface area contributed by atoms with E-state index in [1.165, 1.54) is 6.07 Å². The molecule has 3 aliphatic heterocycles. The number of nitrogens with zero attached hydrogens (tertiary/aromatic N) is 4. The van der Waals surface area contributed by atoms with Gasteiger partial charge in [0, 0.05) is 28.9 Å². The minimum Gasteiger partial charge on any atom is -0.399 e. The van der Waals surface area contributed by atoms with Crippen molar-refractivity contribution in [2.45, 2.75) is 38.9 Å². The second kappa shape index (κ2) is 6.98. The molecule has 0 bridgehead atoms. The molecule has 3 heterocycles. The fourth-order valence-electron chi connectivity index (χ4n) is 4.45. The molecule has 0 saturated heterocycles. The number of benzene rings is 1. The molecule has 1 saturated carbocycles. The summed E-state index contributed by atoms with van der Waals surface area (Å²) in [5, 5.41) is 3.26. The van der Waals surface area contributed by atoms with E-state index in [0.717, 1.165) is 36.2 Å². The Bertz CT molecular complexity index is 1090. The molecule has 0 spiro atoms. The van der Waals surface area contributed by atoms with Gasteiger partial charge < -0.3 is 20.9 Å². The summed E-state index contributed by atoms with van der Waals surface area (Å²) < 4.78 is 39.7. The number of anilines is 1. The topological polar surface area (TPSA) is 86.3 Å². The third kappa shape index (κ3) is 3.51. The zero-order valence-electron chi connectivity index (χ0n) is 18.0. The van der Waals surface area contributed by atoms with Crippen LogP contribution in [0.1, 0.15) is 43.9 Å². The second-order valence-electron chi connectivity index (χ2n) is 9.19. The highest BCUT2D eigenvalue weighted by molar-refractivity contribution is 6.10. The molecule has 0 unspecified atom stereocenters. The normalized spacial score (nSPS) is 22.3. The summed E-state index contributed by atoms with van der Waals surface area (Å²) in [6.45, 7) is 6.01. The third-order valence-electron chi connectivity index (χ3n) is 6.64. The van der Waals surface area contributed by atoms with Crippen molar-refractivity contribution in [2.75, 3.05) is 31.9 Å². The first-order valence-electron chi connectivity index (χ1n) is 10.7. The van der Waals surface area contributed by atoms with Gasteiger partial charge >= 0.3 is 6.18 Å². The van der Waals surface area contributed by atoms with Crippen molar-refractivity contribution < 1.29 is 18.0 Å². The first kappa shape index (κ1) is 20.8. The molecule has 7 nitrogen and oxygen atoms in total. The molecule has 1 aliphatic carbocycles. The monoisotopic (exact) mass is 446 g/mol. The van der Waals surface area contributed by atoms with Gasteiger partial charge in [-0.15, -0.1) is 0 Å². The molecule has 0 aromatic heterocycles. The number of nitrogens with one attached hydrogen (secondary N) is 1. The number of rotatable bonds is 3. The van der Waals surface area contributed by atoms with Crippen LogP contribution in [0.2, 0.25) is 0 Å². The average Bonchev–Trinajstić information content (AvgIpc) is 3.13. The Morgan fingerprint density at radius 3 is 2.69 bits per heavy atom. The van der Waals surface area contributed by atoms with E-state index >= 15 is 0 Å². The predicted molar refractivity (Wildman–Crippen MR) is 115 cm³/mol. The van der Waals surface area contributed by atoms with Crippen molar-refractivity contribution >= 4 is 23.4 Å². The van der Waals surface area contributed by atoms with E-state index in [4.69, 9.17) is 5.73 Å². The zero-order valence-corrected chi connectivity index (χ0v) is 18.0. The maximum atomic E-state index is 13.2. The number of fused-ring (bicyclic) bond motifs is 2. The van der Waals surface area contributed by atoms with Crippen molar-refractivity contribution in [2.24, 2.45) is 15.4 Å². The van der Waals surface area contributed by atoms with Gasteiger partial charge in [-0.3, -0.25) is 4.79 Å².